The Labute approximate surface area is 97.2 Å². The fourth-order valence-electron chi connectivity index (χ4n) is 1.79. The molecule has 5 heteroatoms. The maximum Gasteiger partial charge on any atom is 0.270 e. The summed E-state index contributed by atoms with van der Waals surface area (Å²) in [5.41, 5.74) is 0.649. The van der Waals surface area contributed by atoms with Crippen LogP contribution >= 0.6 is 15.9 Å². The van der Waals surface area contributed by atoms with Crippen LogP contribution in [0.25, 0.3) is 0 Å². The van der Waals surface area contributed by atoms with Gasteiger partial charge in [-0.1, -0.05) is 0 Å². The van der Waals surface area contributed by atoms with Crippen LogP contribution in [0.1, 0.15) is 17.4 Å². The number of aromatic nitrogens is 1. The number of hydrogen-bond acceptors (Lipinski definition) is 2. The first-order valence-electron chi connectivity index (χ1n) is 5.04. The summed E-state index contributed by atoms with van der Waals surface area (Å²) in [6.45, 7) is 4.57. The quantitative estimate of drug-likeness (QED) is 0.807. The van der Waals surface area contributed by atoms with E-state index in [0.717, 1.165) is 24.1 Å². The highest BCUT2D eigenvalue weighted by Gasteiger charge is 2.24. The highest BCUT2D eigenvalue weighted by Crippen LogP contribution is 2.14. The predicted molar refractivity (Wildman–Crippen MR) is 61.9 cm³/mol. The summed E-state index contributed by atoms with van der Waals surface area (Å²) in [5.74, 6) is 0.0784. The van der Waals surface area contributed by atoms with Crippen LogP contribution in [0, 0.1) is 0 Å². The Morgan fingerprint density at radius 2 is 2.47 bits per heavy atom. The molecule has 0 aliphatic carbocycles. The van der Waals surface area contributed by atoms with Crippen molar-refractivity contribution in [3.8, 4) is 0 Å². The maximum absolute atomic E-state index is 12.1. The summed E-state index contributed by atoms with van der Waals surface area (Å²) in [6.07, 6.45) is 1.78. The van der Waals surface area contributed by atoms with Gasteiger partial charge in [0, 0.05) is 36.3 Å². The molecule has 2 rings (SSSR count). The summed E-state index contributed by atoms with van der Waals surface area (Å²) in [4.78, 5) is 16.9. The van der Waals surface area contributed by atoms with E-state index in [1.54, 1.807) is 6.20 Å². The van der Waals surface area contributed by atoms with Crippen LogP contribution in [0.15, 0.2) is 16.7 Å². The Kier molecular flexibility index (Phi) is 3.11. The Hall–Kier alpha value is -0.810. The van der Waals surface area contributed by atoms with Crippen LogP contribution in [-0.2, 0) is 0 Å². The van der Waals surface area contributed by atoms with Crippen molar-refractivity contribution in [1.82, 2.24) is 15.2 Å². The standard InChI is InChI=1S/C10H14BrN3O/c1-7-5-12-2-3-14(7)10(15)9-4-8(11)6-13-9/h4,6-7,12-13H,2-3,5H2,1H3/t7-/m1/s1. The van der Waals surface area contributed by atoms with Crippen molar-refractivity contribution in [1.29, 1.82) is 0 Å². The van der Waals surface area contributed by atoms with Gasteiger partial charge in [0.1, 0.15) is 5.69 Å². The number of H-pyrrole nitrogens is 1. The van der Waals surface area contributed by atoms with Gasteiger partial charge < -0.3 is 15.2 Å². The normalized spacial score (nSPS) is 21.7. The lowest BCUT2D eigenvalue weighted by Crippen LogP contribution is -2.52. The molecule has 0 saturated carbocycles. The van der Waals surface area contributed by atoms with Crippen LogP contribution < -0.4 is 5.32 Å². The fourth-order valence-corrected chi connectivity index (χ4v) is 2.13. The molecule has 0 unspecified atom stereocenters. The van der Waals surface area contributed by atoms with Crippen LogP contribution in [0.5, 0.6) is 0 Å². The van der Waals surface area contributed by atoms with Gasteiger partial charge in [-0.15, -0.1) is 0 Å². The van der Waals surface area contributed by atoms with E-state index in [2.05, 4.69) is 33.2 Å². The zero-order valence-corrected chi connectivity index (χ0v) is 10.2. The molecule has 82 valence electrons. The number of nitrogens with one attached hydrogen (secondary N) is 2. The van der Waals surface area contributed by atoms with Crippen LogP contribution in [0.4, 0.5) is 0 Å². The van der Waals surface area contributed by atoms with Gasteiger partial charge in [0.15, 0.2) is 0 Å². The van der Waals surface area contributed by atoms with Gasteiger partial charge in [-0.2, -0.15) is 0 Å². The summed E-state index contributed by atoms with van der Waals surface area (Å²) < 4.78 is 0.911. The lowest BCUT2D eigenvalue weighted by Gasteiger charge is -2.33. The first-order valence-corrected chi connectivity index (χ1v) is 5.83. The third kappa shape index (κ3) is 2.23. The third-order valence-electron chi connectivity index (χ3n) is 2.64. The van der Waals surface area contributed by atoms with Gasteiger partial charge >= 0.3 is 0 Å². The van der Waals surface area contributed by atoms with E-state index in [-0.39, 0.29) is 11.9 Å². The molecule has 0 aromatic carbocycles. The van der Waals surface area contributed by atoms with Gasteiger partial charge in [0.05, 0.1) is 0 Å². The number of hydrogen-bond donors (Lipinski definition) is 2. The summed E-state index contributed by atoms with van der Waals surface area (Å²) in [6, 6.07) is 2.07. The number of carbonyl (C=O) groups is 1. The Bertz CT molecular complexity index is 363. The molecule has 1 aliphatic rings. The van der Waals surface area contributed by atoms with Gasteiger partial charge in [-0.05, 0) is 28.9 Å². The predicted octanol–water partition coefficient (Wildman–Crippen LogP) is 1.21. The molecular formula is C10H14BrN3O. The number of piperazine rings is 1. The lowest BCUT2D eigenvalue weighted by molar-refractivity contribution is 0.0650. The molecule has 1 fully saturated rings. The fraction of sp³-hybridized carbons (Fsp3) is 0.500. The molecule has 0 bridgehead atoms. The first kappa shape index (κ1) is 10.7. The zero-order chi connectivity index (χ0) is 10.8. The maximum atomic E-state index is 12.1. The second-order valence-electron chi connectivity index (χ2n) is 3.78. The first-order chi connectivity index (χ1) is 7.18. The van der Waals surface area contributed by atoms with E-state index in [1.807, 2.05) is 11.0 Å². The van der Waals surface area contributed by atoms with Crippen molar-refractivity contribution < 1.29 is 4.79 Å². The molecule has 1 amide bonds. The largest absolute Gasteiger partial charge is 0.356 e. The van der Waals surface area contributed by atoms with E-state index < -0.39 is 0 Å². The van der Waals surface area contributed by atoms with Crippen LogP contribution in [0.3, 0.4) is 0 Å². The Morgan fingerprint density at radius 1 is 1.67 bits per heavy atom. The van der Waals surface area contributed by atoms with Crippen molar-refractivity contribution in [3.63, 3.8) is 0 Å². The zero-order valence-electron chi connectivity index (χ0n) is 8.59. The SMILES string of the molecule is C[C@@H]1CNCCN1C(=O)c1cc(Br)c[nH]1. The third-order valence-corrected chi connectivity index (χ3v) is 3.10. The molecule has 1 aromatic heterocycles. The second-order valence-corrected chi connectivity index (χ2v) is 4.70. The summed E-state index contributed by atoms with van der Waals surface area (Å²) in [7, 11) is 0. The molecule has 0 spiro atoms. The highest BCUT2D eigenvalue weighted by atomic mass is 79.9. The van der Waals surface area contributed by atoms with E-state index in [4.69, 9.17) is 0 Å². The van der Waals surface area contributed by atoms with Crippen LogP contribution in [0.2, 0.25) is 0 Å². The number of carbonyl (C=O) groups excluding carboxylic acids is 1. The van der Waals surface area contributed by atoms with E-state index in [1.165, 1.54) is 0 Å². The smallest absolute Gasteiger partial charge is 0.270 e. The molecule has 15 heavy (non-hydrogen) atoms. The van der Waals surface area contributed by atoms with E-state index in [0.29, 0.717) is 5.69 Å². The van der Waals surface area contributed by atoms with Crippen molar-refractivity contribution >= 4 is 21.8 Å². The number of amides is 1. The Balaban J connectivity index is 2.13. The monoisotopic (exact) mass is 271 g/mol. The molecule has 1 aliphatic heterocycles. The minimum Gasteiger partial charge on any atom is -0.356 e. The van der Waals surface area contributed by atoms with Gasteiger partial charge in [0.25, 0.3) is 5.91 Å². The molecule has 2 N–H and O–H groups in total. The van der Waals surface area contributed by atoms with E-state index >= 15 is 0 Å². The van der Waals surface area contributed by atoms with E-state index in [9.17, 15) is 4.79 Å². The topological polar surface area (TPSA) is 48.1 Å². The average molecular weight is 272 g/mol. The minimum atomic E-state index is 0.0784. The molecule has 1 atom stereocenters. The van der Waals surface area contributed by atoms with Crippen molar-refractivity contribution in [2.45, 2.75) is 13.0 Å². The average Bonchev–Trinajstić information content (AvgIpc) is 2.65. The number of rotatable bonds is 1. The summed E-state index contributed by atoms with van der Waals surface area (Å²) in [5, 5.41) is 3.26. The molecule has 2 heterocycles. The molecular weight excluding hydrogens is 258 g/mol. The highest BCUT2D eigenvalue weighted by molar-refractivity contribution is 9.10. The molecule has 0 radical (unpaired) electrons. The van der Waals surface area contributed by atoms with Gasteiger partial charge in [-0.3, -0.25) is 4.79 Å². The Morgan fingerprint density at radius 3 is 3.07 bits per heavy atom. The van der Waals surface area contributed by atoms with Gasteiger partial charge in [-0.25, -0.2) is 0 Å². The number of nitrogens with zero attached hydrogens (tertiary/aromatic N) is 1. The molecule has 1 aromatic rings. The van der Waals surface area contributed by atoms with Crippen molar-refractivity contribution in [2.24, 2.45) is 0 Å². The van der Waals surface area contributed by atoms with Crippen LogP contribution in [-0.4, -0.2) is 41.5 Å². The molecule has 4 nitrogen and oxygen atoms in total. The summed E-state index contributed by atoms with van der Waals surface area (Å²) >= 11 is 3.33. The number of aromatic amines is 1. The second kappa shape index (κ2) is 4.37. The number of halogens is 1. The van der Waals surface area contributed by atoms with Crippen molar-refractivity contribution in [2.75, 3.05) is 19.6 Å². The minimum absolute atomic E-state index is 0.0784. The lowest BCUT2D eigenvalue weighted by atomic mass is 10.2. The van der Waals surface area contributed by atoms with Gasteiger partial charge in [0.2, 0.25) is 0 Å². The molecule has 1 saturated heterocycles. The van der Waals surface area contributed by atoms with Crippen molar-refractivity contribution in [3.05, 3.63) is 22.4 Å².